The standard InChI is InChI=1S/C9H6INO3/c1-14-9(13)5-2-6(4-11)8(10)7(12)3-5/h2-3,12H,1H3. The van der Waals surface area contributed by atoms with Crippen LogP contribution in [0, 0.1) is 14.9 Å². The molecule has 0 unspecified atom stereocenters. The zero-order valence-corrected chi connectivity index (χ0v) is 9.40. The molecule has 1 rings (SSSR count). The van der Waals surface area contributed by atoms with Crippen LogP contribution in [-0.4, -0.2) is 18.2 Å². The maximum Gasteiger partial charge on any atom is 0.338 e. The van der Waals surface area contributed by atoms with E-state index < -0.39 is 5.97 Å². The van der Waals surface area contributed by atoms with Crippen LogP contribution in [0.15, 0.2) is 12.1 Å². The number of phenols is 1. The zero-order valence-electron chi connectivity index (χ0n) is 7.24. The third-order valence-corrected chi connectivity index (χ3v) is 2.73. The van der Waals surface area contributed by atoms with E-state index in [0.717, 1.165) is 0 Å². The van der Waals surface area contributed by atoms with Gasteiger partial charge in [0.25, 0.3) is 0 Å². The van der Waals surface area contributed by atoms with E-state index in [0.29, 0.717) is 3.57 Å². The summed E-state index contributed by atoms with van der Waals surface area (Å²) in [6.07, 6.45) is 0. The highest BCUT2D eigenvalue weighted by atomic mass is 127. The molecule has 0 saturated carbocycles. The molecule has 0 fully saturated rings. The monoisotopic (exact) mass is 303 g/mol. The highest BCUT2D eigenvalue weighted by Gasteiger charge is 2.12. The molecule has 4 nitrogen and oxygen atoms in total. The Bertz CT molecular complexity index is 423. The van der Waals surface area contributed by atoms with Crippen LogP contribution in [0.25, 0.3) is 0 Å². The van der Waals surface area contributed by atoms with Gasteiger partial charge < -0.3 is 9.84 Å². The third-order valence-electron chi connectivity index (χ3n) is 1.59. The molecule has 0 bridgehead atoms. The molecule has 0 heterocycles. The molecule has 0 aliphatic carbocycles. The van der Waals surface area contributed by atoms with Crippen LogP contribution in [-0.2, 0) is 4.74 Å². The van der Waals surface area contributed by atoms with Crippen LogP contribution >= 0.6 is 22.6 Å². The van der Waals surface area contributed by atoms with Gasteiger partial charge in [-0.15, -0.1) is 0 Å². The Hall–Kier alpha value is -1.29. The molecule has 0 spiro atoms. The Labute approximate surface area is 94.2 Å². The van der Waals surface area contributed by atoms with Crippen LogP contribution in [0.4, 0.5) is 0 Å². The molecular formula is C9H6INO3. The second-order valence-corrected chi connectivity index (χ2v) is 3.54. The average Bonchev–Trinajstić information content (AvgIpc) is 2.20. The van der Waals surface area contributed by atoms with Gasteiger partial charge in [0.1, 0.15) is 11.8 Å². The first-order chi connectivity index (χ1) is 6.60. The summed E-state index contributed by atoms with van der Waals surface area (Å²) in [4.78, 5) is 11.1. The van der Waals surface area contributed by atoms with Gasteiger partial charge >= 0.3 is 5.97 Å². The number of benzene rings is 1. The van der Waals surface area contributed by atoms with Crippen molar-refractivity contribution < 1.29 is 14.6 Å². The second-order valence-electron chi connectivity index (χ2n) is 2.46. The summed E-state index contributed by atoms with van der Waals surface area (Å²) in [6, 6.07) is 4.53. The molecule has 0 amide bonds. The van der Waals surface area contributed by atoms with E-state index in [2.05, 4.69) is 4.74 Å². The molecule has 5 heteroatoms. The third kappa shape index (κ3) is 1.96. The number of carbonyl (C=O) groups is 1. The number of esters is 1. The smallest absolute Gasteiger partial charge is 0.338 e. The number of aromatic hydroxyl groups is 1. The molecule has 0 atom stereocenters. The lowest BCUT2D eigenvalue weighted by molar-refractivity contribution is 0.0600. The average molecular weight is 303 g/mol. The largest absolute Gasteiger partial charge is 0.507 e. The number of carbonyl (C=O) groups excluding carboxylic acids is 1. The summed E-state index contributed by atoms with van der Waals surface area (Å²) in [6.45, 7) is 0. The number of phenolic OH excluding ortho intramolecular Hbond substituents is 1. The molecule has 1 aromatic carbocycles. The lowest BCUT2D eigenvalue weighted by Gasteiger charge is -2.03. The van der Waals surface area contributed by atoms with Crippen LogP contribution in [0.3, 0.4) is 0 Å². The Morgan fingerprint density at radius 3 is 2.79 bits per heavy atom. The van der Waals surface area contributed by atoms with Crippen LogP contribution in [0.1, 0.15) is 15.9 Å². The van der Waals surface area contributed by atoms with E-state index in [9.17, 15) is 9.90 Å². The first-order valence-corrected chi connectivity index (χ1v) is 4.69. The summed E-state index contributed by atoms with van der Waals surface area (Å²) < 4.78 is 4.90. The van der Waals surface area contributed by atoms with Crippen molar-refractivity contribution in [2.24, 2.45) is 0 Å². The highest BCUT2D eigenvalue weighted by Crippen LogP contribution is 2.25. The van der Waals surface area contributed by atoms with Gasteiger partial charge in [-0.25, -0.2) is 4.79 Å². The number of methoxy groups -OCH3 is 1. The molecule has 1 N–H and O–H groups in total. The van der Waals surface area contributed by atoms with Crippen molar-refractivity contribution in [1.29, 1.82) is 5.26 Å². The minimum atomic E-state index is -0.576. The van der Waals surface area contributed by atoms with Crippen molar-refractivity contribution in [2.75, 3.05) is 7.11 Å². The van der Waals surface area contributed by atoms with Crippen LogP contribution < -0.4 is 0 Å². The van der Waals surface area contributed by atoms with Gasteiger partial charge in [0, 0.05) is 0 Å². The number of nitrogens with zero attached hydrogens (tertiary/aromatic N) is 1. The Morgan fingerprint density at radius 1 is 1.64 bits per heavy atom. The number of rotatable bonds is 1. The van der Waals surface area contributed by atoms with Crippen molar-refractivity contribution in [3.05, 3.63) is 26.8 Å². The predicted molar refractivity (Wildman–Crippen MR) is 56.9 cm³/mol. The lowest BCUT2D eigenvalue weighted by Crippen LogP contribution is -2.02. The molecule has 0 aromatic heterocycles. The number of hydrogen-bond acceptors (Lipinski definition) is 4. The van der Waals surface area contributed by atoms with Gasteiger partial charge in [0.15, 0.2) is 0 Å². The van der Waals surface area contributed by atoms with E-state index in [1.54, 1.807) is 0 Å². The normalized spacial score (nSPS) is 9.21. The van der Waals surface area contributed by atoms with E-state index in [-0.39, 0.29) is 16.9 Å². The SMILES string of the molecule is COC(=O)c1cc(O)c(I)c(C#N)c1. The first kappa shape index (κ1) is 10.8. The minimum absolute atomic E-state index is 0.0925. The van der Waals surface area contributed by atoms with Crippen molar-refractivity contribution >= 4 is 28.6 Å². The molecule has 0 saturated heterocycles. The first-order valence-electron chi connectivity index (χ1n) is 3.61. The minimum Gasteiger partial charge on any atom is -0.507 e. The van der Waals surface area contributed by atoms with Gasteiger partial charge in [-0.05, 0) is 34.7 Å². The summed E-state index contributed by atoms with van der Waals surface area (Å²) in [7, 11) is 1.24. The Balaban J connectivity index is 3.32. The summed E-state index contributed by atoms with van der Waals surface area (Å²) in [5, 5.41) is 18.1. The number of hydrogen-bond donors (Lipinski definition) is 1. The van der Waals surface area contributed by atoms with Crippen LogP contribution in [0.2, 0.25) is 0 Å². The molecule has 0 aliphatic heterocycles. The Kier molecular flexibility index (Phi) is 3.30. The fourth-order valence-corrected chi connectivity index (χ4v) is 1.36. The maximum absolute atomic E-state index is 11.1. The van der Waals surface area contributed by atoms with E-state index in [1.807, 2.05) is 28.7 Å². The number of ether oxygens (including phenoxy) is 1. The molecular weight excluding hydrogens is 297 g/mol. The zero-order chi connectivity index (χ0) is 10.7. The fraction of sp³-hybridized carbons (Fsp3) is 0.111. The Morgan fingerprint density at radius 2 is 2.29 bits per heavy atom. The summed E-state index contributed by atoms with van der Waals surface area (Å²) in [5.74, 6) is -0.668. The van der Waals surface area contributed by atoms with Gasteiger partial charge in [0.05, 0.1) is 21.8 Å². The molecule has 1 aromatic rings. The quantitative estimate of drug-likeness (QED) is 0.632. The van der Waals surface area contributed by atoms with Crippen molar-refractivity contribution in [2.45, 2.75) is 0 Å². The summed E-state index contributed by atoms with van der Waals surface area (Å²) >= 11 is 1.83. The van der Waals surface area contributed by atoms with Crippen molar-refractivity contribution in [3.8, 4) is 11.8 Å². The fourth-order valence-electron chi connectivity index (χ4n) is 0.926. The predicted octanol–water partition coefficient (Wildman–Crippen LogP) is 1.66. The van der Waals surface area contributed by atoms with Crippen molar-refractivity contribution in [1.82, 2.24) is 0 Å². The van der Waals surface area contributed by atoms with Gasteiger partial charge in [-0.2, -0.15) is 5.26 Å². The second kappa shape index (κ2) is 4.28. The van der Waals surface area contributed by atoms with Gasteiger partial charge in [-0.3, -0.25) is 0 Å². The molecule has 0 aliphatic rings. The topological polar surface area (TPSA) is 70.3 Å². The number of halogens is 1. The van der Waals surface area contributed by atoms with E-state index in [1.165, 1.54) is 19.2 Å². The van der Waals surface area contributed by atoms with Crippen LogP contribution in [0.5, 0.6) is 5.75 Å². The summed E-state index contributed by atoms with van der Waals surface area (Å²) in [5.41, 5.74) is 0.424. The lowest BCUT2D eigenvalue weighted by atomic mass is 10.1. The van der Waals surface area contributed by atoms with Gasteiger partial charge in [-0.1, -0.05) is 0 Å². The van der Waals surface area contributed by atoms with E-state index >= 15 is 0 Å². The highest BCUT2D eigenvalue weighted by molar-refractivity contribution is 14.1. The number of nitriles is 1. The maximum atomic E-state index is 11.1. The van der Waals surface area contributed by atoms with Gasteiger partial charge in [0.2, 0.25) is 0 Å². The molecule has 0 radical (unpaired) electrons. The molecule has 72 valence electrons. The van der Waals surface area contributed by atoms with E-state index in [4.69, 9.17) is 5.26 Å². The van der Waals surface area contributed by atoms with Crippen molar-refractivity contribution in [3.63, 3.8) is 0 Å². The molecule has 14 heavy (non-hydrogen) atoms.